The van der Waals surface area contributed by atoms with Crippen LogP contribution < -0.4 is 0 Å². The summed E-state index contributed by atoms with van der Waals surface area (Å²) in [6.07, 6.45) is 1.82. The maximum Gasteiger partial charge on any atom is 0.350 e. The monoisotopic (exact) mass is 267 g/mol. The molecule has 102 valence electrons. The lowest BCUT2D eigenvalue weighted by Gasteiger charge is -2.25. The Morgan fingerprint density at radius 3 is 2.42 bits per heavy atom. The standard InChI is InChI=1S/C12H13NO6/c1-7-13-12(10(14)16-2,11(15)17-3)9(19-7)8-4-5-18-6-8/h4-6,9H,1-3H3. The quantitative estimate of drug-likeness (QED) is 0.596. The van der Waals surface area contributed by atoms with Crippen molar-refractivity contribution in [3.63, 3.8) is 0 Å². The van der Waals surface area contributed by atoms with Crippen LogP contribution in [0.5, 0.6) is 0 Å². The molecule has 0 amide bonds. The van der Waals surface area contributed by atoms with Gasteiger partial charge in [-0.25, -0.2) is 14.6 Å². The Balaban J connectivity index is 2.54. The van der Waals surface area contributed by atoms with Gasteiger partial charge >= 0.3 is 11.9 Å². The molecule has 1 aromatic rings. The van der Waals surface area contributed by atoms with Gasteiger partial charge < -0.3 is 18.6 Å². The molecule has 0 bridgehead atoms. The molecule has 0 saturated heterocycles. The van der Waals surface area contributed by atoms with Crippen LogP contribution in [0.15, 0.2) is 28.0 Å². The van der Waals surface area contributed by atoms with Crippen molar-refractivity contribution in [1.29, 1.82) is 0 Å². The van der Waals surface area contributed by atoms with Crippen molar-refractivity contribution in [2.24, 2.45) is 4.99 Å². The smallest absolute Gasteiger partial charge is 0.350 e. The van der Waals surface area contributed by atoms with Crippen LogP contribution in [0.1, 0.15) is 18.6 Å². The molecule has 0 aromatic carbocycles. The number of furan rings is 1. The summed E-state index contributed by atoms with van der Waals surface area (Å²) < 4.78 is 19.8. The van der Waals surface area contributed by atoms with Gasteiger partial charge in [0.05, 0.1) is 26.7 Å². The molecule has 1 aliphatic heterocycles. The van der Waals surface area contributed by atoms with Gasteiger partial charge in [-0.2, -0.15) is 0 Å². The van der Waals surface area contributed by atoms with E-state index in [4.69, 9.17) is 9.15 Å². The van der Waals surface area contributed by atoms with E-state index in [1.54, 1.807) is 13.0 Å². The minimum absolute atomic E-state index is 0.196. The van der Waals surface area contributed by atoms with Crippen LogP contribution in [0.4, 0.5) is 0 Å². The zero-order valence-corrected chi connectivity index (χ0v) is 10.7. The Morgan fingerprint density at radius 2 is 1.95 bits per heavy atom. The highest BCUT2D eigenvalue weighted by Crippen LogP contribution is 2.40. The van der Waals surface area contributed by atoms with E-state index in [2.05, 4.69) is 14.5 Å². The van der Waals surface area contributed by atoms with Crippen molar-refractivity contribution in [2.75, 3.05) is 14.2 Å². The van der Waals surface area contributed by atoms with E-state index in [0.717, 1.165) is 0 Å². The summed E-state index contributed by atoms with van der Waals surface area (Å²) >= 11 is 0. The largest absolute Gasteiger partial charge is 0.472 e. The molecule has 1 unspecified atom stereocenters. The summed E-state index contributed by atoms with van der Waals surface area (Å²) in [5.41, 5.74) is -1.39. The van der Waals surface area contributed by atoms with Crippen LogP contribution in [0.2, 0.25) is 0 Å². The van der Waals surface area contributed by atoms with E-state index in [9.17, 15) is 9.59 Å². The van der Waals surface area contributed by atoms with Gasteiger partial charge in [0.25, 0.3) is 5.54 Å². The molecule has 19 heavy (non-hydrogen) atoms. The molecule has 1 aliphatic rings. The predicted octanol–water partition coefficient (Wildman–Crippen LogP) is 0.854. The minimum atomic E-state index is -1.89. The summed E-state index contributed by atoms with van der Waals surface area (Å²) in [6.45, 7) is 1.54. The van der Waals surface area contributed by atoms with Gasteiger partial charge in [-0.1, -0.05) is 0 Å². The van der Waals surface area contributed by atoms with Crippen molar-refractivity contribution in [1.82, 2.24) is 0 Å². The first-order valence-electron chi connectivity index (χ1n) is 5.48. The van der Waals surface area contributed by atoms with Crippen molar-refractivity contribution in [3.05, 3.63) is 24.2 Å². The lowest BCUT2D eigenvalue weighted by atomic mass is 9.89. The number of carbonyl (C=O) groups is 2. The van der Waals surface area contributed by atoms with Crippen LogP contribution in [-0.2, 0) is 23.8 Å². The molecule has 2 rings (SSSR count). The molecule has 0 radical (unpaired) electrons. The van der Waals surface area contributed by atoms with Gasteiger partial charge in [0.15, 0.2) is 12.0 Å². The zero-order chi connectivity index (χ0) is 14.0. The van der Waals surface area contributed by atoms with E-state index in [-0.39, 0.29) is 5.90 Å². The summed E-state index contributed by atoms with van der Waals surface area (Å²) in [5.74, 6) is -1.49. The first-order valence-corrected chi connectivity index (χ1v) is 5.48. The average Bonchev–Trinajstić information content (AvgIpc) is 3.04. The number of esters is 2. The molecular weight excluding hydrogens is 254 g/mol. The third-order valence-corrected chi connectivity index (χ3v) is 2.84. The molecule has 7 heteroatoms. The second-order valence-corrected chi connectivity index (χ2v) is 3.93. The number of carbonyl (C=O) groups excluding carboxylic acids is 2. The maximum atomic E-state index is 12.0. The summed E-state index contributed by atoms with van der Waals surface area (Å²) in [4.78, 5) is 28.1. The Hall–Kier alpha value is -2.31. The van der Waals surface area contributed by atoms with E-state index in [1.165, 1.54) is 26.7 Å². The van der Waals surface area contributed by atoms with E-state index >= 15 is 0 Å². The van der Waals surface area contributed by atoms with Crippen LogP contribution >= 0.6 is 0 Å². The second-order valence-electron chi connectivity index (χ2n) is 3.93. The van der Waals surface area contributed by atoms with Crippen LogP contribution in [-0.4, -0.2) is 37.6 Å². The molecule has 0 spiro atoms. The fourth-order valence-corrected chi connectivity index (χ4v) is 2.02. The molecular formula is C12H13NO6. The Bertz CT molecular complexity index is 502. The Morgan fingerprint density at radius 1 is 1.32 bits per heavy atom. The third kappa shape index (κ3) is 1.87. The van der Waals surface area contributed by atoms with E-state index in [0.29, 0.717) is 5.56 Å². The van der Waals surface area contributed by atoms with Gasteiger partial charge in [-0.3, -0.25) is 0 Å². The molecule has 7 nitrogen and oxygen atoms in total. The number of aliphatic imine (C=N–C) groups is 1. The van der Waals surface area contributed by atoms with Crippen LogP contribution in [0.25, 0.3) is 0 Å². The van der Waals surface area contributed by atoms with E-state index in [1.807, 2.05) is 0 Å². The number of nitrogens with zero attached hydrogens (tertiary/aromatic N) is 1. The van der Waals surface area contributed by atoms with Crippen molar-refractivity contribution in [3.8, 4) is 0 Å². The van der Waals surface area contributed by atoms with E-state index < -0.39 is 23.6 Å². The predicted molar refractivity (Wildman–Crippen MR) is 62.4 cm³/mol. The lowest BCUT2D eigenvalue weighted by Crippen LogP contribution is -2.49. The Labute approximate surface area is 109 Å². The fraction of sp³-hybridized carbons (Fsp3) is 0.417. The fourth-order valence-electron chi connectivity index (χ4n) is 2.02. The summed E-state index contributed by atoms with van der Waals surface area (Å²) in [6, 6.07) is 1.58. The van der Waals surface area contributed by atoms with Crippen molar-refractivity contribution in [2.45, 2.75) is 18.6 Å². The van der Waals surface area contributed by atoms with Gasteiger partial charge in [0.1, 0.15) is 0 Å². The van der Waals surface area contributed by atoms with Crippen LogP contribution in [0.3, 0.4) is 0 Å². The minimum Gasteiger partial charge on any atom is -0.472 e. The van der Waals surface area contributed by atoms with Crippen molar-refractivity contribution < 1.29 is 28.2 Å². The highest BCUT2D eigenvalue weighted by molar-refractivity contribution is 6.09. The SMILES string of the molecule is COC(=O)C1(C(=O)OC)N=C(C)OC1c1ccoc1. The highest BCUT2D eigenvalue weighted by Gasteiger charge is 2.61. The van der Waals surface area contributed by atoms with Gasteiger partial charge in [0.2, 0.25) is 0 Å². The third-order valence-electron chi connectivity index (χ3n) is 2.84. The number of hydrogen-bond acceptors (Lipinski definition) is 7. The van der Waals surface area contributed by atoms with Crippen LogP contribution in [0, 0.1) is 0 Å². The average molecular weight is 267 g/mol. The second kappa shape index (κ2) is 4.75. The first-order chi connectivity index (χ1) is 9.06. The zero-order valence-electron chi connectivity index (χ0n) is 10.7. The highest BCUT2D eigenvalue weighted by atomic mass is 16.6. The molecule has 0 saturated carbocycles. The molecule has 0 aliphatic carbocycles. The molecule has 0 N–H and O–H groups in total. The topological polar surface area (TPSA) is 87.3 Å². The molecule has 1 atom stereocenters. The normalized spacial score (nSPS) is 20.4. The number of methoxy groups -OCH3 is 2. The summed E-state index contributed by atoms with van der Waals surface area (Å²) in [5, 5.41) is 0. The number of rotatable bonds is 3. The molecule has 2 heterocycles. The van der Waals surface area contributed by atoms with Crippen molar-refractivity contribution >= 4 is 17.8 Å². The maximum absolute atomic E-state index is 12.0. The molecule has 0 fully saturated rings. The van der Waals surface area contributed by atoms with Gasteiger partial charge in [0, 0.05) is 12.5 Å². The first kappa shape index (κ1) is 13.1. The number of ether oxygens (including phenoxy) is 3. The van der Waals surface area contributed by atoms with Gasteiger partial charge in [-0.15, -0.1) is 0 Å². The van der Waals surface area contributed by atoms with Gasteiger partial charge in [-0.05, 0) is 6.07 Å². The lowest BCUT2D eigenvalue weighted by molar-refractivity contribution is -0.164. The molecule has 1 aromatic heterocycles. The number of hydrogen-bond donors (Lipinski definition) is 0. The summed E-state index contributed by atoms with van der Waals surface area (Å²) in [7, 11) is 2.34. The Kier molecular flexibility index (Phi) is 3.28.